The van der Waals surface area contributed by atoms with Gasteiger partial charge >= 0.3 is 0 Å². The van der Waals surface area contributed by atoms with Gasteiger partial charge in [-0.3, -0.25) is 9.69 Å². The molecule has 0 aliphatic carbocycles. The second-order valence-corrected chi connectivity index (χ2v) is 6.69. The molecule has 1 aliphatic heterocycles. The van der Waals surface area contributed by atoms with E-state index in [-0.39, 0.29) is 18.3 Å². The zero-order valence-electron chi connectivity index (χ0n) is 14.7. The lowest BCUT2D eigenvalue weighted by atomic mass is 10.2. The smallest absolute Gasteiger partial charge is 0.260 e. The first kappa shape index (κ1) is 19.2. The van der Waals surface area contributed by atoms with Gasteiger partial charge < -0.3 is 9.64 Å². The molecule has 0 radical (unpaired) electrons. The molecule has 0 bridgehead atoms. The van der Waals surface area contributed by atoms with E-state index in [0.29, 0.717) is 54.6 Å². The summed E-state index contributed by atoms with van der Waals surface area (Å²) in [6.45, 7) is 2.78. The Balaban J connectivity index is 1.47. The first-order valence-electron chi connectivity index (χ1n) is 8.63. The van der Waals surface area contributed by atoms with Crippen LogP contribution in [0.25, 0.3) is 0 Å². The molecule has 0 unspecified atom stereocenters. The summed E-state index contributed by atoms with van der Waals surface area (Å²) in [7, 11) is 0. The van der Waals surface area contributed by atoms with Crippen LogP contribution in [0.2, 0.25) is 5.02 Å². The molecule has 1 fully saturated rings. The number of hydrogen-bond donors (Lipinski definition) is 0. The minimum absolute atomic E-state index is 0.0506. The van der Waals surface area contributed by atoms with Crippen LogP contribution in [0.15, 0.2) is 42.5 Å². The second-order valence-electron chi connectivity index (χ2n) is 6.28. The molecule has 2 aromatic carbocycles. The SMILES string of the molecule is N#Cc1ccc(OCC(=O)N2CCN(Cc3c(F)cccc3Cl)CC2)cc1. The predicted octanol–water partition coefficient (Wildman–Crippen LogP) is 3.07. The number of halogens is 2. The van der Waals surface area contributed by atoms with Gasteiger partial charge in [-0.25, -0.2) is 4.39 Å². The van der Waals surface area contributed by atoms with Crippen LogP contribution in [0, 0.1) is 17.1 Å². The van der Waals surface area contributed by atoms with Gasteiger partial charge in [0.2, 0.25) is 0 Å². The minimum atomic E-state index is -0.308. The summed E-state index contributed by atoms with van der Waals surface area (Å²) in [6.07, 6.45) is 0. The molecule has 3 rings (SSSR count). The number of hydrogen-bond acceptors (Lipinski definition) is 4. The highest BCUT2D eigenvalue weighted by molar-refractivity contribution is 6.31. The van der Waals surface area contributed by atoms with Gasteiger partial charge in [-0.1, -0.05) is 17.7 Å². The van der Waals surface area contributed by atoms with E-state index < -0.39 is 0 Å². The number of rotatable bonds is 5. The molecule has 1 heterocycles. The van der Waals surface area contributed by atoms with Crippen LogP contribution < -0.4 is 4.74 Å². The summed E-state index contributed by atoms with van der Waals surface area (Å²) in [5.74, 6) is 0.148. The molecule has 27 heavy (non-hydrogen) atoms. The molecule has 0 atom stereocenters. The molecule has 140 valence electrons. The normalized spacial score (nSPS) is 14.6. The molecule has 1 aliphatic rings. The number of benzene rings is 2. The summed E-state index contributed by atoms with van der Waals surface area (Å²) in [4.78, 5) is 16.1. The van der Waals surface area contributed by atoms with Crippen molar-refractivity contribution in [1.82, 2.24) is 9.80 Å². The lowest BCUT2D eigenvalue weighted by molar-refractivity contribution is -0.135. The lowest BCUT2D eigenvalue weighted by Crippen LogP contribution is -2.49. The molecule has 1 saturated heterocycles. The zero-order valence-corrected chi connectivity index (χ0v) is 15.5. The number of nitrogens with zero attached hydrogens (tertiary/aromatic N) is 3. The van der Waals surface area contributed by atoms with Crippen molar-refractivity contribution in [1.29, 1.82) is 5.26 Å². The van der Waals surface area contributed by atoms with E-state index in [1.807, 2.05) is 6.07 Å². The van der Waals surface area contributed by atoms with E-state index in [2.05, 4.69) is 4.90 Å². The average Bonchev–Trinajstić information content (AvgIpc) is 2.70. The lowest BCUT2D eigenvalue weighted by Gasteiger charge is -2.34. The third-order valence-electron chi connectivity index (χ3n) is 4.51. The number of nitriles is 1. The predicted molar refractivity (Wildman–Crippen MR) is 99.9 cm³/mol. The van der Waals surface area contributed by atoms with Crippen LogP contribution in [-0.4, -0.2) is 48.5 Å². The third-order valence-corrected chi connectivity index (χ3v) is 4.87. The topological polar surface area (TPSA) is 56.6 Å². The van der Waals surface area contributed by atoms with Crippen molar-refractivity contribution in [3.63, 3.8) is 0 Å². The van der Waals surface area contributed by atoms with Gasteiger partial charge in [0.15, 0.2) is 6.61 Å². The highest BCUT2D eigenvalue weighted by atomic mass is 35.5. The van der Waals surface area contributed by atoms with E-state index in [4.69, 9.17) is 21.6 Å². The Bertz CT molecular complexity index is 823. The minimum Gasteiger partial charge on any atom is -0.484 e. The molecule has 0 aromatic heterocycles. The first-order valence-corrected chi connectivity index (χ1v) is 9.00. The molecule has 7 heteroatoms. The number of carbonyl (C=O) groups excluding carboxylic acids is 1. The van der Waals surface area contributed by atoms with Crippen molar-refractivity contribution < 1.29 is 13.9 Å². The molecule has 0 saturated carbocycles. The van der Waals surface area contributed by atoms with Gasteiger partial charge in [-0.15, -0.1) is 0 Å². The number of amides is 1. The fourth-order valence-electron chi connectivity index (χ4n) is 2.92. The Hall–Kier alpha value is -2.62. The van der Waals surface area contributed by atoms with Crippen LogP contribution in [0.3, 0.4) is 0 Å². The summed E-state index contributed by atoms with van der Waals surface area (Å²) in [5.41, 5.74) is 1.03. The van der Waals surface area contributed by atoms with Crippen molar-refractivity contribution in [2.75, 3.05) is 32.8 Å². The van der Waals surface area contributed by atoms with Crippen LogP contribution in [0.1, 0.15) is 11.1 Å². The largest absolute Gasteiger partial charge is 0.484 e. The van der Waals surface area contributed by atoms with Gasteiger partial charge in [0.1, 0.15) is 11.6 Å². The second kappa shape index (κ2) is 8.85. The van der Waals surface area contributed by atoms with Crippen LogP contribution in [-0.2, 0) is 11.3 Å². The quantitative estimate of drug-likeness (QED) is 0.791. The zero-order chi connectivity index (χ0) is 19.2. The Labute approximate surface area is 162 Å². The molecule has 2 aromatic rings. The Kier molecular flexibility index (Phi) is 6.28. The molecule has 5 nitrogen and oxygen atoms in total. The molecule has 1 amide bonds. The summed E-state index contributed by atoms with van der Waals surface area (Å²) in [5, 5.41) is 9.20. The van der Waals surface area contributed by atoms with Gasteiger partial charge in [-0.2, -0.15) is 5.26 Å². The van der Waals surface area contributed by atoms with Crippen LogP contribution in [0.5, 0.6) is 5.75 Å². The Morgan fingerprint density at radius 3 is 2.48 bits per heavy atom. The Morgan fingerprint density at radius 2 is 1.85 bits per heavy atom. The molecular formula is C20H19ClFN3O2. The Morgan fingerprint density at radius 1 is 1.15 bits per heavy atom. The maximum Gasteiger partial charge on any atom is 0.260 e. The van der Waals surface area contributed by atoms with Gasteiger partial charge in [0.05, 0.1) is 11.6 Å². The van der Waals surface area contributed by atoms with Crippen molar-refractivity contribution in [2.24, 2.45) is 0 Å². The highest BCUT2D eigenvalue weighted by Gasteiger charge is 2.22. The monoisotopic (exact) mass is 387 g/mol. The number of ether oxygens (including phenoxy) is 1. The fourth-order valence-corrected chi connectivity index (χ4v) is 3.15. The molecular weight excluding hydrogens is 369 g/mol. The fraction of sp³-hybridized carbons (Fsp3) is 0.300. The van der Waals surface area contributed by atoms with Crippen molar-refractivity contribution in [3.8, 4) is 11.8 Å². The van der Waals surface area contributed by atoms with Crippen molar-refractivity contribution in [3.05, 3.63) is 64.4 Å². The third kappa shape index (κ3) is 4.97. The first-order chi connectivity index (χ1) is 13.1. The maximum atomic E-state index is 13.9. The van der Waals surface area contributed by atoms with E-state index in [0.717, 1.165) is 0 Å². The van der Waals surface area contributed by atoms with Crippen LogP contribution >= 0.6 is 11.6 Å². The standard InChI is InChI=1S/C20H19ClFN3O2/c21-18-2-1-3-19(22)17(18)13-24-8-10-25(11-9-24)20(26)14-27-16-6-4-15(12-23)5-7-16/h1-7H,8-11,13-14H2. The van der Waals surface area contributed by atoms with E-state index >= 15 is 0 Å². The van der Waals surface area contributed by atoms with Gasteiger partial charge in [-0.05, 0) is 36.4 Å². The van der Waals surface area contributed by atoms with Gasteiger partial charge in [0.25, 0.3) is 5.91 Å². The summed E-state index contributed by atoms with van der Waals surface area (Å²) in [6, 6.07) is 13.3. The number of piperazine rings is 1. The van der Waals surface area contributed by atoms with Gasteiger partial charge in [0, 0.05) is 43.3 Å². The maximum absolute atomic E-state index is 13.9. The van der Waals surface area contributed by atoms with E-state index in [1.54, 1.807) is 41.3 Å². The summed E-state index contributed by atoms with van der Waals surface area (Å²) >= 11 is 6.08. The van der Waals surface area contributed by atoms with E-state index in [9.17, 15) is 9.18 Å². The van der Waals surface area contributed by atoms with E-state index in [1.165, 1.54) is 6.07 Å². The average molecular weight is 388 g/mol. The highest BCUT2D eigenvalue weighted by Crippen LogP contribution is 2.21. The van der Waals surface area contributed by atoms with Crippen LogP contribution in [0.4, 0.5) is 4.39 Å². The molecule has 0 spiro atoms. The number of carbonyl (C=O) groups is 1. The molecule has 0 N–H and O–H groups in total. The van der Waals surface area contributed by atoms with Crippen molar-refractivity contribution >= 4 is 17.5 Å². The summed E-state index contributed by atoms with van der Waals surface area (Å²) < 4.78 is 19.4. The van der Waals surface area contributed by atoms with Crippen molar-refractivity contribution in [2.45, 2.75) is 6.54 Å².